The van der Waals surface area contributed by atoms with Gasteiger partial charge < -0.3 is 8.83 Å². The van der Waals surface area contributed by atoms with Gasteiger partial charge in [-0.2, -0.15) is 0 Å². The van der Waals surface area contributed by atoms with Gasteiger partial charge in [0.05, 0.1) is 10.9 Å². The van der Waals surface area contributed by atoms with Crippen LogP contribution >= 0.6 is 0 Å². The lowest BCUT2D eigenvalue weighted by Gasteiger charge is -2.09. The molecule has 0 atom stereocenters. The van der Waals surface area contributed by atoms with Gasteiger partial charge in [0.1, 0.15) is 16.7 Å². The van der Waals surface area contributed by atoms with Crippen LogP contribution in [-0.2, 0) is 0 Å². The smallest absolute Gasteiger partial charge is 0.228 e. The standard InChI is InChI=1S/C36H20N4O2/c1-2-9-21(10-3-1)33-38-34(40-35(39-33)27-15-8-14-25-24-13-6-7-16-29(24)41-32(25)27)26-17-18-37-36-31(26)28-19-22-11-4-5-12-23(22)20-30(28)42-36/h1-20H. The van der Waals surface area contributed by atoms with Crippen LogP contribution in [0.3, 0.4) is 0 Å². The molecule has 196 valence electrons. The van der Waals surface area contributed by atoms with Crippen LogP contribution in [-0.4, -0.2) is 19.9 Å². The Morgan fingerprint density at radius 1 is 0.476 bits per heavy atom. The van der Waals surface area contributed by atoms with Crippen molar-refractivity contribution in [3.63, 3.8) is 0 Å². The van der Waals surface area contributed by atoms with Gasteiger partial charge in [-0.1, -0.05) is 84.9 Å². The second-order valence-corrected chi connectivity index (χ2v) is 10.3. The molecule has 5 aromatic carbocycles. The van der Waals surface area contributed by atoms with E-state index in [1.165, 1.54) is 0 Å². The zero-order chi connectivity index (χ0) is 27.6. The number of fused-ring (bicyclic) bond motifs is 7. The number of rotatable bonds is 3. The highest BCUT2D eigenvalue weighted by Gasteiger charge is 2.21. The summed E-state index contributed by atoms with van der Waals surface area (Å²) in [4.78, 5) is 19.6. The Labute approximate surface area is 238 Å². The Balaban J connectivity index is 1.35. The Bertz CT molecular complexity index is 2480. The Morgan fingerprint density at radius 2 is 1.19 bits per heavy atom. The zero-order valence-electron chi connectivity index (χ0n) is 22.2. The average molecular weight is 541 g/mol. The van der Waals surface area contributed by atoms with Crippen molar-refractivity contribution in [3.05, 3.63) is 121 Å². The molecule has 0 bridgehead atoms. The summed E-state index contributed by atoms with van der Waals surface area (Å²) in [7, 11) is 0. The van der Waals surface area contributed by atoms with Gasteiger partial charge in [-0.15, -0.1) is 0 Å². The van der Waals surface area contributed by atoms with Gasteiger partial charge in [-0.3, -0.25) is 0 Å². The number of pyridine rings is 1. The lowest BCUT2D eigenvalue weighted by molar-refractivity contribution is 0.654. The van der Waals surface area contributed by atoms with Crippen molar-refractivity contribution in [2.75, 3.05) is 0 Å². The summed E-state index contributed by atoms with van der Waals surface area (Å²) < 4.78 is 12.6. The van der Waals surface area contributed by atoms with Crippen LogP contribution in [0.4, 0.5) is 0 Å². The van der Waals surface area contributed by atoms with E-state index in [2.05, 4.69) is 41.4 Å². The molecule has 4 aromatic heterocycles. The Hall–Kier alpha value is -5.88. The normalized spacial score (nSPS) is 11.8. The van der Waals surface area contributed by atoms with E-state index < -0.39 is 0 Å². The van der Waals surface area contributed by atoms with Crippen LogP contribution in [0, 0.1) is 0 Å². The highest BCUT2D eigenvalue weighted by molar-refractivity contribution is 6.14. The Kier molecular flexibility index (Phi) is 4.80. The summed E-state index contributed by atoms with van der Waals surface area (Å²) in [5.74, 6) is 1.65. The van der Waals surface area contributed by atoms with Crippen molar-refractivity contribution < 1.29 is 8.83 Å². The van der Waals surface area contributed by atoms with E-state index >= 15 is 0 Å². The van der Waals surface area contributed by atoms with Crippen LogP contribution in [0.2, 0.25) is 0 Å². The number of para-hydroxylation sites is 2. The van der Waals surface area contributed by atoms with E-state index in [-0.39, 0.29) is 0 Å². The summed E-state index contributed by atoms with van der Waals surface area (Å²) in [6.45, 7) is 0. The molecule has 9 aromatic rings. The molecule has 0 radical (unpaired) electrons. The fourth-order valence-corrected chi connectivity index (χ4v) is 5.83. The maximum absolute atomic E-state index is 6.36. The second kappa shape index (κ2) is 8.81. The van der Waals surface area contributed by atoms with Crippen LogP contribution < -0.4 is 0 Å². The van der Waals surface area contributed by atoms with Crippen LogP contribution in [0.25, 0.3) is 88.9 Å². The minimum Gasteiger partial charge on any atom is -0.455 e. The molecule has 42 heavy (non-hydrogen) atoms. The maximum Gasteiger partial charge on any atom is 0.228 e. The van der Waals surface area contributed by atoms with E-state index in [9.17, 15) is 0 Å². The quantitative estimate of drug-likeness (QED) is 0.222. The number of furan rings is 2. The first-order chi connectivity index (χ1) is 20.8. The molecule has 0 saturated heterocycles. The molecule has 0 unspecified atom stereocenters. The largest absolute Gasteiger partial charge is 0.455 e. The van der Waals surface area contributed by atoms with Crippen molar-refractivity contribution in [2.45, 2.75) is 0 Å². The van der Waals surface area contributed by atoms with Crippen molar-refractivity contribution in [1.82, 2.24) is 19.9 Å². The summed E-state index contributed by atoms with van der Waals surface area (Å²) in [6, 6.07) is 38.5. The molecule has 0 fully saturated rings. The van der Waals surface area contributed by atoms with Gasteiger partial charge in [0, 0.05) is 33.5 Å². The van der Waals surface area contributed by atoms with Gasteiger partial charge in [-0.05, 0) is 41.1 Å². The minimum absolute atomic E-state index is 0.534. The fraction of sp³-hybridized carbons (Fsp3) is 0. The first-order valence-corrected chi connectivity index (χ1v) is 13.7. The third-order valence-electron chi connectivity index (χ3n) is 7.79. The van der Waals surface area contributed by atoms with E-state index in [0.29, 0.717) is 23.2 Å². The van der Waals surface area contributed by atoms with Gasteiger partial charge in [0.15, 0.2) is 17.5 Å². The molecule has 6 nitrogen and oxygen atoms in total. The summed E-state index contributed by atoms with van der Waals surface area (Å²) in [5.41, 5.74) is 5.41. The molecule has 0 spiro atoms. The lowest BCUT2D eigenvalue weighted by atomic mass is 10.0. The Morgan fingerprint density at radius 3 is 2.07 bits per heavy atom. The third kappa shape index (κ3) is 3.45. The van der Waals surface area contributed by atoms with E-state index in [1.807, 2.05) is 78.9 Å². The summed E-state index contributed by atoms with van der Waals surface area (Å²) >= 11 is 0. The highest BCUT2D eigenvalue weighted by atomic mass is 16.3. The highest BCUT2D eigenvalue weighted by Crippen LogP contribution is 2.39. The molecule has 0 saturated carbocycles. The van der Waals surface area contributed by atoms with Crippen LogP contribution in [0.15, 0.2) is 130 Å². The predicted octanol–water partition coefficient (Wildman–Crippen LogP) is 9.22. The monoisotopic (exact) mass is 540 g/mol. The zero-order valence-corrected chi connectivity index (χ0v) is 22.2. The van der Waals surface area contributed by atoms with Gasteiger partial charge >= 0.3 is 0 Å². The molecule has 0 aliphatic carbocycles. The van der Waals surface area contributed by atoms with E-state index in [0.717, 1.165) is 65.8 Å². The van der Waals surface area contributed by atoms with Crippen molar-refractivity contribution >= 4 is 54.8 Å². The maximum atomic E-state index is 6.36. The molecular formula is C36H20N4O2. The first-order valence-electron chi connectivity index (χ1n) is 13.7. The van der Waals surface area contributed by atoms with Crippen LogP contribution in [0.1, 0.15) is 0 Å². The number of hydrogen-bond donors (Lipinski definition) is 0. The first kappa shape index (κ1) is 22.9. The topological polar surface area (TPSA) is 77.8 Å². The summed E-state index contributed by atoms with van der Waals surface area (Å²) in [5, 5.41) is 6.15. The molecule has 9 rings (SSSR count). The molecular weight excluding hydrogens is 520 g/mol. The van der Waals surface area contributed by atoms with Crippen molar-refractivity contribution in [3.8, 4) is 34.2 Å². The number of benzene rings is 5. The van der Waals surface area contributed by atoms with E-state index in [1.54, 1.807) is 6.20 Å². The van der Waals surface area contributed by atoms with Crippen LogP contribution in [0.5, 0.6) is 0 Å². The third-order valence-corrected chi connectivity index (χ3v) is 7.79. The van der Waals surface area contributed by atoms with Gasteiger partial charge in [0.2, 0.25) is 5.71 Å². The molecule has 6 heteroatoms. The SMILES string of the molecule is c1ccc(-c2nc(-c3cccc4c3oc3ccccc34)nc(-c3ccnc4oc5cc6ccccc6cc5c34)n2)cc1. The fourth-order valence-electron chi connectivity index (χ4n) is 5.83. The van der Waals surface area contributed by atoms with Gasteiger partial charge in [0.25, 0.3) is 0 Å². The number of nitrogens with zero attached hydrogens (tertiary/aromatic N) is 4. The number of aromatic nitrogens is 4. The molecule has 0 amide bonds. The predicted molar refractivity (Wildman–Crippen MR) is 166 cm³/mol. The summed E-state index contributed by atoms with van der Waals surface area (Å²) in [6.07, 6.45) is 1.74. The molecule has 0 N–H and O–H groups in total. The average Bonchev–Trinajstić information content (AvgIpc) is 3.62. The second-order valence-electron chi connectivity index (χ2n) is 10.3. The van der Waals surface area contributed by atoms with Crippen molar-refractivity contribution in [1.29, 1.82) is 0 Å². The molecule has 0 aliphatic heterocycles. The molecule has 4 heterocycles. The molecule has 0 aliphatic rings. The van der Waals surface area contributed by atoms with Gasteiger partial charge in [-0.25, -0.2) is 19.9 Å². The van der Waals surface area contributed by atoms with Crippen molar-refractivity contribution in [2.24, 2.45) is 0 Å². The minimum atomic E-state index is 0.534. The number of hydrogen-bond acceptors (Lipinski definition) is 6. The van der Waals surface area contributed by atoms with E-state index in [4.69, 9.17) is 23.8 Å². The lowest BCUT2D eigenvalue weighted by Crippen LogP contribution is -2.00.